The van der Waals surface area contributed by atoms with Gasteiger partial charge in [0.05, 0.1) is 6.26 Å². The topological polar surface area (TPSA) is 20.2 Å². The Labute approximate surface area is 81.3 Å². The lowest BCUT2D eigenvalue weighted by Gasteiger charge is -1.94. The molecule has 58 valence electrons. The van der Waals surface area contributed by atoms with Crippen molar-refractivity contribution in [2.24, 2.45) is 0 Å². The molecule has 0 saturated carbocycles. The minimum absolute atomic E-state index is 0.722. The number of halogens is 2. The van der Waals surface area contributed by atoms with Crippen LogP contribution in [0, 0.1) is 0 Å². The molecule has 1 aromatic carbocycles. The van der Waals surface area contributed by atoms with Gasteiger partial charge in [0.2, 0.25) is 0 Å². The highest BCUT2D eigenvalue weighted by atomic mass is 79.9. The van der Waals surface area contributed by atoms with Crippen LogP contribution >= 0.6 is 31.9 Å². The Bertz CT molecular complexity index is 370. The van der Waals surface area contributed by atoms with E-state index in [2.05, 4.69) is 38.4 Å². The Balaban J connectivity index is 3.59. The molecule has 0 spiro atoms. The molecular formula is C8H6Br2O. The number of rotatable bonds is 0. The van der Waals surface area contributed by atoms with Crippen molar-refractivity contribution < 1.29 is 5.11 Å². The van der Waals surface area contributed by atoms with E-state index in [1.54, 1.807) is 6.07 Å². The van der Waals surface area contributed by atoms with Gasteiger partial charge in [-0.05, 0) is 49.2 Å². The predicted octanol–water partition coefficient (Wildman–Crippen LogP) is 1.92. The van der Waals surface area contributed by atoms with Gasteiger partial charge in [-0.2, -0.15) is 0 Å². The summed E-state index contributed by atoms with van der Waals surface area (Å²) in [5.74, 6) is 0. The summed E-state index contributed by atoms with van der Waals surface area (Å²) >= 11 is 6.64. The Morgan fingerprint density at radius 1 is 1.27 bits per heavy atom. The predicted molar refractivity (Wildman–Crippen MR) is 53.7 cm³/mol. The third-order valence-electron chi connectivity index (χ3n) is 1.32. The van der Waals surface area contributed by atoms with Crippen LogP contribution in [0.2, 0.25) is 0 Å². The van der Waals surface area contributed by atoms with Crippen LogP contribution < -0.4 is 10.4 Å². The third-order valence-corrected chi connectivity index (χ3v) is 3.17. The van der Waals surface area contributed by atoms with Crippen LogP contribution in [0.3, 0.4) is 0 Å². The maximum absolute atomic E-state index is 8.73. The van der Waals surface area contributed by atoms with E-state index in [1.807, 2.05) is 6.07 Å². The van der Waals surface area contributed by atoms with Gasteiger partial charge >= 0.3 is 0 Å². The highest BCUT2D eigenvalue weighted by molar-refractivity contribution is 9.13. The van der Waals surface area contributed by atoms with Crippen molar-refractivity contribution >= 4 is 44.7 Å². The van der Waals surface area contributed by atoms with E-state index in [-0.39, 0.29) is 0 Å². The second-order valence-electron chi connectivity index (χ2n) is 2.09. The van der Waals surface area contributed by atoms with Crippen molar-refractivity contribution in [2.75, 3.05) is 0 Å². The molecule has 1 nitrogen and oxygen atoms in total. The van der Waals surface area contributed by atoms with Crippen molar-refractivity contribution in [3.8, 4) is 0 Å². The number of hydrogen-bond acceptors (Lipinski definition) is 1. The number of aliphatic hydroxyl groups excluding tert-OH is 1. The average Bonchev–Trinajstić information content (AvgIpc) is 1.97. The molecular weight excluding hydrogens is 272 g/mol. The molecule has 0 fully saturated rings. The van der Waals surface area contributed by atoms with Gasteiger partial charge in [-0.15, -0.1) is 0 Å². The lowest BCUT2D eigenvalue weighted by atomic mass is 10.3. The van der Waals surface area contributed by atoms with E-state index < -0.39 is 0 Å². The van der Waals surface area contributed by atoms with E-state index in [0.717, 1.165) is 25.6 Å². The van der Waals surface area contributed by atoms with Crippen LogP contribution in [0.25, 0.3) is 12.8 Å². The molecule has 11 heavy (non-hydrogen) atoms. The molecule has 0 aromatic heterocycles. The molecule has 0 aliphatic carbocycles. The Morgan fingerprint density at radius 3 is 2.36 bits per heavy atom. The second kappa shape index (κ2) is 3.41. The number of aliphatic hydroxyl groups is 1. The summed E-state index contributed by atoms with van der Waals surface area (Å²) in [6.07, 6.45) is 1.04. The van der Waals surface area contributed by atoms with Crippen molar-refractivity contribution in [2.45, 2.75) is 0 Å². The molecule has 1 aromatic rings. The zero-order valence-corrected chi connectivity index (χ0v) is 8.81. The van der Waals surface area contributed by atoms with Gasteiger partial charge in [0.25, 0.3) is 0 Å². The monoisotopic (exact) mass is 276 g/mol. The van der Waals surface area contributed by atoms with E-state index in [0.29, 0.717) is 0 Å². The van der Waals surface area contributed by atoms with Gasteiger partial charge in [0.15, 0.2) is 0 Å². The molecule has 0 amide bonds. The Morgan fingerprint density at radius 2 is 1.82 bits per heavy atom. The smallest absolute Gasteiger partial charge is 0.0870 e. The van der Waals surface area contributed by atoms with Crippen LogP contribution in [-0.2, 0) is 0 Å². The molecule has 0 aliphatic heterocycles. The quantitative estimate of drug-likeness (QED) is 0.768. The molecule has 1 N–H and O–H groups in total. The lowest BCUT2D eigenvalue weighted by molar-refractivity contribution is 0.540. The van der Waals surface area contributed by atoms with Crippen LogP contribution in [0.1, 0.15) is 0 Å². The second-order valence-corrected chi connectivity index (χ2v) is 3.80. The maximum atomic E-state index is 8.73. The minimum atomic E-state index is 0.722. The molecule has 0 saturated heterocycles. The fourth-order valence-electron chi connectivity index (χ4n) is 0.724. The molecule has 1 rings (SSSR count). The first kappa shape index (κ1) is 8.81. The average molecular weight is 278 g/mol. The first-order valence-corrected chi connectivity index (χ1v) is 4.52. The standard InChI is InChI=1S/C8H6Br2O/c1-5-2-7(9)8(10)3-6(5)4-11/h2-4,11H,1H2/b6-4+. The lowest BCUT2D eigenvalue weighted by Crippen LogP contribution is -2.22. The van der Waals surface area contributed by atoms with Gasteiger partial charge in [0.1, 0.15) is 0 Å². The minimum Gasteiger partial charge on any atom is -0.515 e. The molecule has 3 heteroatoms. The van der Waals surface area contributed by atoms with Gasteiger partial charge in [-0.25, -0.2) is 0 Å². The van der Waals surface area contributed by atoms with Gasteiger partial charge < -0.3 is 5.11 Å². The maximum Gasteiger partial charge on any atom is 0.0870 e. The summed E-state index contributed by atoms with van der Waals surface area (Å²) in [5, 5.41) is 10.2. The normalized spacial score (nSPS) is 12.0. The summed E-state index contributed by atoms with van der Waals surface area (Å²) in [7, 11) is 0. The van der Waals surface area contributed by atoms with E-state index in [1.165, 1.54) is 0 Å². The zero-order chi connectivity index (χ0) is 8.43. The molecule has 0 bridgehead atoms. The van der Waals surface area contributed by atoms with Crippen molar-refractivity contribution in [3.05, 3.63) is 31.5 Å². The van der Waals surface area contributed by atoms with Crippen molar-refractivity contribution in [1.82, 2.24) is 0 Å². The van der Waals surface area contributed by atoms with Gasteiger partial charge in [-0.1, -0.05) is 6.58 Å². The summed E-state index contributed by atoms with van der Waals surface area (Å²) in [6.45, 7) is 3.75. The highest BCUT2D eigenvalue weighted by Gasteiger charge is 1.94. The van der Waals surface area contributed by atoms with Crippen molar-refractivity contribution in [3.63, 3.8) is 0 Å². The van der Waals surface area contributed by atoms with Crippen molar-refractivity contribution in [1.29, 1.82) is 0 Å². The third kappa shape index (κ3) is 1.84. The Kier molecular flexibility index (Phi) is 2.73. The fourth-order valence-corrected chi connectivity index (χ4v) is 1.48. The highest BCUT2D eigenvalue weighted by Crippen LogP contribution is 2.18. The largest absolute Gasteiger partial charge is 0.515 e. The summed E-state index contributed by atoms with van der Waals surface area (Å²) in [5.41, 5.74) is 0. The van der Waals surface area contributed by atoms with Crippen LogP contribution in [0.15, 0.2) is 21.1 Å². The molecule has 0 atom stereocenters. The number of hydrogen-bond donors (Lipinski definition) is 1. The van der Waals surface area contributed by atoms with Crippen LogP contribution in [0.4, 0.5) is 0 Å². The zero-order valence-electron chi connectivity index (χ0n) is 5.64. The first-order chi connectivity index (χ1) is 5.15. The fraction of sp³-hybridized carbons (Fsp3) is 0. The van der Waals surface area contributed by atoms with E-state index in [9.17, 15) is 0 Å². The van der Waals surface area contributed by atoms with Gasteiger partial charge in [-0.3, -0.25) is 0 Å². The van der Waals surface area contributed by atoms with Gasteiger partial charge in [0, 0.05) is 14.2 Å². The van der Waals surface area contributed by atoms with E-state index in [4.69, 9.17) is 5.11 Å². The Hall–Kier alpha value is -0.280. The molecule has 0 unspecified atom stereocenters. The SMILES string of the molecule is C=c1cc(Br)c(Br)c/c1=C\O. The molecule has 0 heterocycles. The summed E-state index contributed by atoms with van der Waals surface area (Å²) in [4.78, 5) is 0. The summed E-state index contributed by atoms with van der Waals surface area (Å²) < 4.78 is 1.85. The number of benzene rings is 1. The summed E-state index contributed by atoms with van der Waals surface area (Å²) in [6, 6.07) is 3.64. The molecule has 0 aliphatic rings. The molecule has 0 radical (unpaired) electrons. The first-order valence-electron chi connectivity index (χ1n) is 2.93. The van der Waals surface area contributed by atoms with E-state index >= 15 is 0 Å². The van der Waals surface area contributed by atoms with Crippen LogP contribution in [0.5, 0.6) is 0 Å². The van der Waals surface area contributed by atoms with Crippen LogP contribution in [-0.4, -0.2) is 5.11 Å².